The van der Waals surface area contributed by atoms with Crippen LogP contribution in [0.2, 0.25) is 0 Å². The fourth-order valence-corrected chi connectivity index (χ4v) is 2.40. The fourth-order valence-electron chi connectivity index (χ4n) is 1.48. The molecule has 4 nitrogen and oxygen atoms in total. The molecule has 0 aliphatic heterocycles. The lowest BCUT2D eigenvalue weighted by Gasteiger charge is -2.04. The summed E-state index contributed by atoms with van der Waals surface area (Å²) >= 11 is 4.43. The van der Waals surface area contributed by atoms with Crippen LogP contribution < -0.4 is 10.2 Å². The molecule has 2 aromatic carbocycles. The van der Waals surface area contributed by atoms with Crippen molar-refractivity contribution in [1.82, 2.24) is 5.43 Å². The van der Waals surface area contributed by atoms with E-state index >= 15 is 0 Å². The molecule has 21 heavy (non-hydrogen) atoms. The van der Waals surface area contributed by atoms with Gasteiger partial charge >= 0.3 is 0 Å². The van der Waals surface area contributed by atoms with Crippen LogP contribution in [0.1, 0.15) is 5.56 Å². The average molecular weight is 506 g/mol. The molecule has 1 amide bonds. The highest BCUT2D eigenvalue weighted by Crippen LogP contribution is 2.13. The zero-order chi connectivity index (χ0) is 15.1. The summed E-state index contributed by atoms with van der Waals surface area (Å²) in [6.07, 6.45) is 1.60. The maximum atomic E-state index is 11.6. The van der Waals surface area contributed by atoms with Gasteiger partial charge in [0.25, 0.3) is 5.91 Å². The summed E-state index contributed by atoms with van der Waals surface area (Å²) in [6, 6.07) is 15.3. The van der Waals surface area contributed by atoms with Gasteiger partial charge in [0.2, 0.25) is 0 Å². The van der Waals surface area contributed by atoms with Crippen molar-refractivity contribution in [2.45, 2.75) is 0 Å². The largest absolute Gasteiger partial charge is 0.484 e. The van der Waals surface area contributed by atoms with Crippen molar-refractivity contribution in [3.63, 3.8) is 0 Å². The molecule has 2 aromatic rings. The van der Waals surface area contributed by atoms with Crippen molar-refractivity contribution in [2.75, 3.05) is 6.61 Å². The van der Waals surface area contributed by atoms with E-state index in [4.69, 9.17) is 4.74 Å². The molecule has 2 rings (SSSR count). The Kier molecular flexibility index (Phi) is 6.43. The first-order valence-corrected chi connectivity index (χ1v) is 8.25. The topological polar surface area (TPSA) is 50.7 Å². The van der Waals surface area contributed by atoms with E-state index in [-0.39, 0.29) is 12.5 Å². The number of benzene rings is 2. The van der Waals surface area contributed by atoms with Gasteiger partial charge in [0.05, 0.1) is 6.21 Å². The van der Waals surface area contributed by atoms with Gasteiger partial charge in [-0.25, -0.2) is 5.43 Å². The molecule has 0 aliphatic carbocycles. The lowest BCUT2D eigenvalue weighted by atomic mass is 10.2. The van der Waals surface area contributed by atoms with Crippen LogP contribution in [0.15, 0.2) is 53.6 Å². The summed E-state index contributed by atoms with van der Waals surface area (Å²) in [7, 11) is 0. The summed E-state index contributed by atoms with van der Waals surface area (Å²) in [5.41, 5.74) is 3.37. The number of carbonyl (C=O) groups is 1. The zero-order valence-corrected chi connectivity index (χ0v) is 15.2. The highest BCUT2D eigenvalue weighted by Gasteiger charge is 2.01. The number of nitrogens with zero attached hydrogens (tertiary/aromatic N) is 1. The van der Waals surface area contributed by atoms with Crippen molar-refractivity contribution in [3.05, 3.63) is 61.2 Å². The molecule has 0 atom stereocenters. The van der Waals surface area contributed by atoms with Gasteiger partial charge < -0.3 is 4.74 Å². The second kappa shape index (κ2) is 8.32. The van der Waals surface area contributed by atoms with E-state index < -0.39 is 0 Å². The van der Waals surface area contributed by atoms with Crippen molar-refractivity contribution >= 4 is 57.3 Å². The number of halogens is 2. The van der Waals surface area contributed by atoms with E-state index in [1.54, 1.807) is 6.21 Å². The molecule has 0 heterocycles. The van der Waals surface area contributed by atoms with E-state index in [0.717, 1.165) is 12.7 Å². The predicted molar refractivity (Wildman–Crippen MR) is 99.5 cm³/mol. The summed E-state index contributed by atoms with van der Waals surface area (Å²) in [5.74, 6) is 0.364. The molecule has 0 radical (unpaired) electrons. The molecule has 0 fully saturated rings. The number of rotatable bonds is 5. The summed E-state index contributed by atoms with van der Waals surface area (Å²) in [6.45, 7) is -0.0652. The average Bonchev–Trinajstić information content (AvgIpc) is 2.47. The van der Waals surface area contributed by atoms with Gasteiger partial charge in [0.15, 0.2) is 6.61 Å². The third kappa shape index (κ3) is 6.00. The fraction of sp³-hybridized carbons (Fsp3) is 0.0667. The molecule has 0 aromatic heterocycles. The van der Waals surface area contributed by atoms with Crippen molar-refractivity contribution in [1.29, 1.82) is 0 Å². The van der Waals surface area contributed by atoms with Crippen LogP contribution in [-0.4, -0.2) is 18.7 Å². The highest BCUT2D eigenvalue weighted by molar-refractivity contribution is 14.1. The molecule has 1 N–H and O–H groups in total. The highest BCUT2D eigenvalue weighted by atomic mass is 127. The van der Waals surface area contributed by atoms with Crippen LogP contribution in [-0.2, 0) is 4.79 Å². The van der Waals surface area contributed by atoms with E-state index in [9.17, 15) is 4.79 Å². The third-order valence-electron chi connectivity index (χ3n) is 2.44. The van der Waals surface area contributed by atoms with Crippen LogP contribution in [0.3, 0.4) is 0 Å². The standard InChI is InChI=1S/C15H12I2N2O2/c16-12-4-6-14(7-5-12)21-10-15(20)19-18-9-11-2-1-3-13(17)8-11/h1-9H,10H2,(H,19,20)/b18-9-. The summed E-state index contributed by atoms with van der Waals surface area (Å²) < 4.78 is 7.59. The maximum absolute atomic E-state index is 11.6. The van der Waals surface area contributed by atoms with E-state index in [1.165, 1.54) is 0 Å². The number of hydrogen-bond acceptors (Lipinski definition) is 3. The Morgan fingerprint density at radius 3 is 2.62 bits per heavy atom. The van der Waals surface area contributed by atoms with Crippen molar-refractivity contribution in [3.8, 4) is 5.75 Å². The van der Waals surface area contributed by atoms with Crippen LogP contribution in [0.25, 0.3) is 0 Å². The Morgan fingerprint density at radius 2 is 1.90 bits per heavy atom. The Bertz CT molecular complexity index is 642. The molecule has 0 saturated heterocycles. The van der Waals surface area contributed by atoms with Gasteiger partial charge in [-0.1, -0.05) is 12.1 Å². The summed E-state index contributed by atoms with van der Waals surface area (Å²) in [5, 5.41) is 3.90. The first-order valence-electron chi connectivity index (χ1n) is 6.09. The number of ether oxygens (including phenoxy) is 1. The summed E-state index contributed by atoms with van der Waals surface area (Å²) in [4.78, 5) is 11.6. The van der Waals surface area contributed by atoms with Crippen LogP contribution >= 0.6 is 45.2 Å². The minimum atomic E-state index is -0.296. The number of hydrogen-bond donors (Lipinski definition) is 1. The van der Waals surface area contributed by atoms with Gasteiger partial charge in [-0.2, -0.15) is 5.10 Å². The van der Waals surface area contributed by atoms with E-state index in [1.807, 2.05) is 48.5 Å². The van der Waals surface area contributed by atoms with Gasteiger partial charge in [-0.15, -0.1) is 0 Å². The number of carbonyl (C=O) groups excluding carboxylic acids is 1. The first kappa shape index (κ1) is 16.2. The van der Waals surface area contributed by atoms with Gasteiger partial charge in [0.1, 0.15) is 5.75 Å². The van der Waals surface area contributed by atoms with Crippen molar-refractivity contribution in [2.24, 2.45) is 5.10 Å². The molecule has 0 aliphatic rings. The van der Waals surface area contributed by atoms with Crippen LogP contribution in [0.5, 0.6) is 5.75 Å². The molecular formula is C15H12I2N2O2. The van der Waals surface area contributed by atoms with Crippen LogP contribution in [0.4, 0.5) is 0 Å². The van der Waals surface area contributed by atoms with Gasteiger partial charge in [-0.05, 0) is 87.1 Å². The molecule has 0 spiro atoms. The van der Waals surface area contributed by atoms with E-state index in [2.05, 4.69) is 55.7 Å². The third-order valence-corrected chi connectivity index (χ3v) is 3.83. The zero-order valence-electron chi connectivity index (χ0n) is 10.9. The molecule has 6 heteroatoms. The molecule has 108 valence electrons. The molecule has 0 bridgehead atoms. The van der Waals surface area contributed by atoms with Gasteiger partial charge in [-0.3, -0.25) is 4.79 Å². The second-order valence-corrected chi connectivity index (χ2v) is 6.58. The number of nitrogens with one attached hydrogen (secondary N) is 1. The monoisotopic (exact) mass is 506 g/mol. The van der Waals surface area contributed by atoms with Gasteiger partial charge in [0, 0.05) is 7.14 Å². The Labute approximate surface area is 150 Å². The Morgan fingerprint density at radius 1 is 1.14 bits per heavy atom. The Hall–Kier alpha value is -1.16. The lowest BCUT2D eigenvalue weighted by molar-refractivity contribution is -0.123. The quantitative estimate of drug-likeness (QED) is 0.384. The first-order chi connectivity index (χ1) is 10.1. The smallest absolute Gasteiger partial charge is 0.277 e. The normalized spacial score (nSPS) is 10.6. The lowest BCUT2D eigenvalue weighted by Crippen LogP contribution is -2.24. The SMILES string of the molecule is O=C(COc1ccc(I)cc1)N/N=C\c1cccc(I)c1. The molecule has 0 unspecified atom stereocenters. The Balaban J connectivity index is 1.78. The number of hydrazone groups is 1. The van der Waals surface area contributed by atoms with Crippen molar-refractivity contribution < 1.29 is 9.53 Å². The molecular weight excluding hydrogens is 494 g/mol. The number of amides is 1. The maximum Gasteiger partial charge on any atom is 0.277 e. The predicted octanol–water partition coefficient (Wildman–Crippen LogP) is 3.42. The minimum absolute atomic E-state index is 0.0652. The molecule has 0 saturated carbocycles. The van der Waals surface area contributed by atoms with Crippen LogP contribution in [0, 0.1) is 7.14 Å². The second-order valence-electron chi connectivity index (χ2n) is 4.09. The van der Waals surface area contributed by atoms with E-state index in [0.29, 0.717) is 5.75 Å². The minimum Gasteiger partial charge on any atom is -0.484 e.